The molecule has 0 aliphatic rings. The van der Waals surface area contributed by atoms with Gasteiger partial charge in [-0.25, -0.2) is 19.9 Å². The maximum absolute atomic E-state index is 6.57. The molecular formula is C50H30N4O. The van der Waals surface area contributed by atoms with Crippen LogP contribution >= 0.6 is 0 Å². The van der Waals surface area contributed by atoms with Crippen molar-refractivity contribution >= 4 is 54.2 Å². The van der Waals surface area contributed by atoms with Crippen LogP contribution in [0.25, 0.3) is 111 Å². The Hall–Kier alpha value is -7.50. The van der Waals surface area contributed by atoms with Gasteiger partial charge in [-0.15, -0.1) is 0 Å². The van der Waals surface area contributed by atoms with E-state index in [-0.39, 0.29) is 0 Å². The highest BCUT2D eigenvalue weighted by molar-refractivity contribution is 6.26. The Labute approximate surface area is 316 Å². The first-order valence-electron chi connectivity index (χ1n) is 18.4. The first-order valence-corrected chi connectivity index (χ1v) is 18.4. The lowest BCUT2D eigenvalue weighted by atomic mass is 9.91. The van der Waals surface area contributed by atoms with Crippen LogP contribution in [0.1, 0.15) is 0 Å². The molecule has 0 aliphatic carbocycles. The molecule has 5 heteroatoms. The molecule has 11 aromatic rings. The topological polar surface area (TPSA) is 64.7 Å². The third kappa shape index (κ3) is 5.33. The number of nitrogens with zero attached hydrogens (tertiary/aromatic N) is 4. The second kappa shape index (κ2) is 12.6. The Morgan fingerprint density at radius 2 is 0.855 bits per heavy atom. The van der Waals surface area contributed by atoms with Crippen molar-refractivity contribution in [1.82, 2.24) is 19.9 Å². The maximum Gasteiger partial charge on any atom is 0.227 e. The van der Waals surface area contributed by atoms with Crippen molar-refractivity contribution in [1.29, 1.82) is 0 Å². The molecule has 256 valence electrons. The molecule has 0 atom stereocenters. The molecule has 11 rings (SSSR count). The molecule has 55 heavy (non-hydrogen) atoms. The minimum Gasteiger partial charge on any atom is -0.435 e. The highest BCUT2D eigenvalue weighted by Crippen LogP contribution is 2.41. The molecule has 0 fully saturated rings. The normalized spacial score (nSPS) is 11.6. The lowest BCUT2D eigenvalue weighted by molar-refractivity contribution is 0.623. The molecule has 0 radical (unpaired) electrons. The standard InChI is InChI=1S/C50H30N4O/c1-4-12-33(13-5-1)47-52-48(34-14-6-2-7-15-34)54-49(53-47)39-29-36-18-10-11-19-40(36)42(30-39)38-24-26-41-37(28-38)23-22-31-20-21-32-25-27-43-46(45(32)44(31)41)55-50(51-43)35-16-8-3-9-17-35/h1-30H. The van der Waals surface area contributed by atoms with Crippen LogP contribution in [0.4, 0.5) is 0 Å². The molecule has 0 spiro atoms. The molecule has 0 saturated carbocycles. The van der Waals surface area contributed by atoms with Crippen molar-refractivity contribution in [3.05, 3.63) is 182 Å². The fourth-order valence-corrected chi connectivity index (χ4v) is 7.84. The number of oxazole rings is 1. The summed E-state index contributed by atoms with van der Waals surface area (Å²) < 4.78 is 6.57. The Kier molecular flexibility index (Phi) is 7.10. The summed E-state index contributed by atoms with van der Waals surface area (Å²) in [5.74, 6) is 2.53. The van der Waals surface area contributed by atoms with Gasteiger partial charge in [0.1, 0.15) is 5.52 Å². The molecule has 9 aromatic carbocycles. The van der Waals surface area contributed by atoms with E-state index < -0.39 is 0 Å². The van der Waals surface area contributed by atoms with Gasteiger partial charge in [-0.05, 0) is 79.8 Å². The third-order valence-electron chi connectivity index (χ3n) is 10.5. The van der Waals surface area contributed by atoms with Gasteiger partial charge in [0, 0.05) is 33.0 Å². The van der Waals surface area contributed by atoms with E-state index in [2.05, 4.69) is 91.0 Å². The zero-order valence-corrected chi connectivity index (χ0v) is 29.5. The minimum atomic E-state index is 0.624. The van der Waals surface area contributed by atoms with E-state index in [0.29, 0.717) is 23.4 Å². The van der Waals surface area contributed by atoms with Gasteiger partial charge in [-0.3, -0.25) is 0 Å². The lowest BCUT2D eigenvalue weighted by Gasteiger charge is -2.14. The molecule has 0 unspecified atom stereocenters. The van der Waals surface area contributed by atoms with E-state index in [9.17, 15) is 0 Å². The van der Waals surface area contributed by atoms with E-state index in [0.717, 1.165) is 87.6 Å². The predicted molar refractivity (Wildman–Crippen MR) is 225 cm³/mol. The quantitative estimate of drug-likeness (QED) is 0.167. The van der Waals surface area contributed by atoms with Gasteiger partial charge in [0.05, 0.1) is 0 Å². The van der Waals surface area contributed by atoms with Gasteiger partial charge >= 0.3 is 0 Å². The van der Waals surface area contributed by atoms with E-state index in [1.165, 1.54) is 0 Å². The van der Waals surface area contributed by atoms with Crippen LogP contribution in [0, 0.1) is 0 Å². The summed E-state index contributed by atoms with van der Waals surface area (Å²) in [7, 11) is 0. The number of rotatable bonds is 5. The second-order valence-electron chi connectivity index (χ2n) is 13.8. The van der Waals surface area contributed by atoms with Crippen molar-refractivity contribution in [2.45, 2.75) is 0 Å². The fraction of sp³-hybridized carbons (Fsp3) is 0. The van der Waals surface area contributed by atoms with Crippen LogP contribution in [-0.4, -0.2) is 19.9 Å². The number of aromatic nitrogens is 4. The summed E-state index contributed by atoms with van der Waals surface area (Å²) in [5, 5.41) is 9.09. The maximum atomic E-state index is 6.57. The smallest absolute Gasteiger partial charge is 0.227 e. The van der Waals surface area contributed by atoms with Crippen LogP contribution < -0.4 is 0 Å². The first-order chi connectivity index (χ1) is 27.2. The average Bonchev–Trinajstić information content (AvgIpc) is 3.71. The number of benzene rings is 9. The molecule has 0 aliphatic heterocycles. The molecule has 0 bridgehead atoms. The molecular weight excluding hydrogens is 673 g/mol. The Morgan fingerprint density at radius 3 is 1.55 bits per heavy atom. The minimum absolute atomic E-state index is 0.624. The Morgan fingerprint density at radius 1 is 0.327 bits per heavy atom. The Balaban J connectivity index is 1.11. The molecule has 0 N–H and O–H groups in total. The molecule has 5 nitrogen and oxygen atoms in total. The van der Waals surface area contributed by atoms with Gasteiger partial charge in [-0.1, -0.05) is 146 Å². The summed E-state index contributed by atoms with van der Waals surface area (Å²) in [6, 6.07) is 63.0. The van der Waals surface area contributed by atoms with Gasteiger partial charge in [0.2, 0.25) is 5.89 Å². The first kappa shape index (κ1) is 31.1. The fourth-order valence-electron chi connectivity index (χ4n) is 7.84. The van der Waals surface area contributed by atoms with Gasteiger partial charge in [0.25, 0.3) is 0 Å². The van der Waals surface area contributed by atoms with Gasteiger partial charge in [-0.2, -0.15) is 0 Å². The van der Waals surface area contributed by atoms with E-state index in [1.54, 1.807) is 0 Å². The average molecular weight is 703 g/mol. The summed E-state index contributed by atoms with van der Waals surface area (Å²) in [6.45, 7) is 0. The van der Waals surface area contributed by atoms with Crippen molar-refractivity contribution < 1.29 is 4.42 Å². The Bertz CT molecular complexity index is 3190. The number of hydrogen-bond donors (Lipinski definition) is 0. The molecule has 2 heterocycles. The van der Waals surface area contributed by atoms with Crippen LogP contribution in [0.2, 0.25) is 0 Å². The third-order valence-corrected chi connectivity index (χ3v) is 10.5. The van der Waals surface area contributed by atoms with Crippen LogP contribution in [0.5, 0.6) is 0 Å². The van der Waals surface area contributed by atoms with Crippen LogP contribution in [0.3, 0.4) is 0 Å². The van der Waals surface area contributed by atoms with Crippen molar-refractivity contribution in [2.75, 3.05) is 0 Å². The van der Waals surface area contributed by atoms with Gasteiger partial charge in [0.15, 0.2) is 23.1 Å². The van der Waals surface area contributed by atoms with E-state index in [4.69, 9.17) is 24.4 Å². The predicted octanol–water partition coefficient (Wildman–Crippen LogP) is 13.0. The van der Waals surface area contributed by atoms with Crippen LogP contribution in [0.15, 0.2) is 186 Å². The van der Waals surface area contributed by atoms with E-state index in [1.807, 2.05) is 91.0 Å². The zero-order chi connectivity index (χ0) is 36.3. The highest BCUT2D eigenvalue weighted by atomic mass is 16.3. The summed E-state index contributed by atoms with van der Waals surface area (Å²) >= 11 is 0. The SMILES string of the molecule is c1ccc(-c2nc(-c3ccccc3)nc(-c3cc(-c4ccc5c(ccc6ccc7ccc8nc(-c9ccccc9)oc8c7c65)c4)c4ccccc4c3)n2)cc1. The molecule has 2 aromatic heterocycles. The van der Waals surface area contributed by atoms with E-state index >= 15 is 0 Å². The molecule has 0 amide bonds. The highest BCUT2D eigenvalue weighted by Gasteiger charge is 2.18. The van der Waals surface area contributed by atoms with Crippen molar-refractivity contribution in [3.8, 4) is 56.7 Å². The summed E-state index contributed by atoms with van der Waals surface area (Å²) in [6.07, 6.45) is 0. The van der Waals surface area contributed by atoms with Crippen molar-refractivity contribution in [2.24, 2.45) is 0 Å². The van der Waals surface area contributed by atoms with Crippen molar-refractivity contribution in [3.63, 3.8) is 0 Å². The van der Waals surface area contributed by atoms with Crippen LogP contribution in [-0.2, 0) is 0 Å². The van der Waals surface area contributed by atoms with Gasteiger partial charge < -0.3 is 4.42 Å². The lowest BCUT2D eigenvalue weighted by Crippen LogP contribution is -2.00. The number of hydrogen-bond acceptors (Lipinski definition) is 5. The largest absolute Gasteiger partial charge is 0.435 e. The molecule has 0 saturated heterocycles. The summed E-state index contributed by atoms with van der Waals surface area (Å²) in [5.41, 5.74) is 7.65. The zero-order valence-electron chi connectivity index (χ0n) is 29.5. The monoisotopic (exact) mass is 702 g/mol. The second-order valence-corrected chi connectivity index (χ2v) is 13.8. The number of fused-ring (bicyclic) bond motifs is 8. The summed E-state index contributed by atoms with van der Waals surface area (Å²) in [4.78, 5) is 20.0.